The molecule has 1 fully saturated rings. The summed E-state index contributed by atoms with van der Waals surface area (Å²) < 4.78 is 10.7. The van der Waals surface area contributed by atoms with E-state index in [9.17, 15) is 4.79 Å². The smallest absolute Gasteiger partial charge is 0.306 e. The number of esters is 1. The molecule has 0 spiro atoms. The fraction of sp³-hybridized carbons (Fsp3) is 0.800. The van der Waals surface area contributed by atoms with E-state index in [1.165, 1.54) is 0 Å². The number of hydrogen-bond acceptors (Lipinski definition) is 4. The zero-order chi connectivity index (χ0) is 14.3. The van der Waals surface area contributed by atoms with Crippen molar-refractivity contribution in [1.29, 1.82) is 0 Å². The van der Waals surface area contributed by atoms with Crippen LogP contribution in [0.5, 0.6) is 0 Å². The van der Waals surface area contributed by atoms with Gasteiger partial charge < -0.3 is 9.47 Å². The second-order valence-corrected chi connectivity index (χ2v) is 6.09. The van der Waals surface area contributed by atoms with Gasteiger partial charge in [0, 0.05) is 26.1 Å². The van der Waals surface area contributed by atoms with Crippen LogP contribution in [-0.4, -0.2) is 49.3 Å². The van der Waals surface area contributed by atoms with Crippen LogP contribution in [0.25, 0.3) is 0 Å². The zero-order valence-corrected chi connectivity index (χ0v) is 12.5. The van der Waals surface area contributed by atoms with Crippen LogP contribution < -0.4 is 0 Å². The first-order valence-corrected chi connectivity index (χ1v) is 7.03. The van der Waals surface area contributed by atoms with Gasteiger partial charge >= 0.3 is 5.97 Å². The molecule has 0 aromatic rings. The lowest BCUT2D eigenvalue weighted by molar-refractivity contribution is -0.156. The average molecular weight is 269 g/mol. The largest absolute Gasteiger partial charge is 0.460 e. The van der Waals surface area contributed by atoms with E-state index in [0.29, 0.717) is 6.42 Å². The van der Waals surface area contributed by atoms with Crippen molar-refractivity contribution in [2.75, 3.05) is 32.8 Å². The predicted octanol–water partition coefficient (Wildman–Crippen LogP) is 2.24. The van der Waals surface area contributed by atoms with Gasteiger partial charge in [0.1, 0.15) is 5.60 Å². The van der Waals surface area contributed by atoms with Gasteiger partial charge in [0.05, 0.1) is 13.2 Å². The number of morpholine rings is 1. The Hall–Kier alpha value is -0.870. The van der Waals surface area contributed by atoms with E-state index >= 15 is 0 Å². The normalized spacial score (nSPS) is 18.9. The van der Waals surface area contributed by atoms with Gasteiger partial charge in [-0.05, 0) is 33.1 Å². The quantitative estimate of drug-likeness (QED) is 0.547. The third-order valence-electron chi connectivity index (χ3n) is 3.00. The maximum atomic E-state index is 11.9. The van der Waals surface area contributed by atoms with Crippen LogP contribution >= 0.6 is 0 Å². The number of nitrogens with zero attached hydrogens (tertiary/aromatic N) is 1. The highest BCUT2D eigenvalue weighted by molar-refractivity contribution is 5.70. The fourth-order valence-electron chi connectivity index (χ4n) is 2.23. The van der Waals surface area contributed by atoms with E-state index in [4.69, 9.17) is 9.47 Å². The molecule has 0 amide bonds. The summed E-state index contributed by atoms with van der Waals surface area (Å²) >= 11 is 0. The van der Waals surface area contributed by atoms with Gasteiger partial charge in [0.2, 0.25) is 0 Å². The van der Waals surface area contributed by atoms with Crippen LogP contribution in [0.15, 0.2) is 12.7 Å². The van der Waals surface area contributed by atoms with E-state index in [0.717, 1.165) is 39.3 Å². The van der Waals surface area contributed by atoms with E-state index in [1.54, 1.807) is 0 Å². The third-order valence-corrected chi connectivity index (χ3v) is 3.00. The van der Waals surface area contributed by atoms with E-state index < -0.39 is 5.60 Å². The number of carbonyl (C=O) groups is 1. The van der Waals surface area contributed by atoms with Crippen molar-refractivity contribution in [3.63, 3.8) is 0 Å². The Labute approximate surface area is 116 Å². The molecule has 4 heteroatoms. The maximum absolute atomic E-state index is 11.9. The summed E-state index contributed by atoms with van der Waals surface area (Å²) in [7, 11) is 0. The molecule has 1 saturated heterocycles. The summed E-state index contributed by atoms with van der Waals surface area (Å²) in [6.07, 6.45) is 3.19. The van der Waals surface area contributed by atoms with Gasteiger partial charge in [-0.1, -0.05) is 6.08 Å². The molecule has 1 unspecified atom stereocenters. The van der Waals surface area contributed by atoms with Gasteiger partial charge in [-0.25, -0.2) is 0 Å². The predicted molar refractivity (Wildman–Crippen MR) is 76.0 cm³/mol. The molecular formula is C15H27NO3. The highest BCUT2D eigenvalue weighted by atomic mass is 16.6. The van der Waals surface area contributed by atoms with Crippen LogP contribution in [-0.2, 0) is 14.3 Å². The highest BCUT2D eigenvalue weighted by Gasteiger charge is 2.22. The zero-order valence-electron chi connectivity index (χ0n) is 12.5. The molecular weight excluding hydrogens is 242 g/mol. The Balaban J connectivity index is 2.42. The molecule has 0 saturated carbocycles. The molecule has 4 nitrogen and oxygen atoms in total. The van der Waals surface area contributed by atoms with E-state index in [-0.39, 0.29) is 11.9 Å². The number of hydrogen-bond donors (Lipinski definition) is 0. The summed E-state index contributed by atoms with van der Waals surface area (Å²) in [4.78, 5) is 14.2. The van der Waals surface area contributed by atoms with Crippen molar-refractivity contribution in [1.82, 2.24) is 4.90 Å². The van der Waals surface area contributed by atoms with Crippen LogP contribution in [0.4, 0.5) is 0 Å². The van der Waals surface area contributed by atoms with Gasteiger partial charge in [0.15, 0.2) is 0 Å². The molecule has 19 heavy (non-hydrogen) atoms. The first-order valence-electron chi connectivity index (χ1n) is 7.03. The average Bonchev–Trinajstić information content (AvgIpc) is 2.27. The maximum Gasteiger partial charge on any atom is 0.306 e. The fourth-order valence-corrected chi connectivity index (χ4v) is 2.23. The van der Waals surface area contributed by atoms with Gasteiger partial charge in [-0.3, -0.25) is 9.69 Å². The minimum atomic E-state index is -0.408. The molecule has 1 aliphatic rings. The lowest BCUT2D eigenvalue weighted by Gasteiger charge is -2.30. The molecule has 110 valence electrons. The molecule has 1 atom stereocenters. The van der Waals surface area contributed by atoms with E-state index in [2.05, 4.69) is 11.5 Å². The second kappa shape index (κ2) is 7.65. The molecule has 1 aliphatic heterocycles. The van der Waals surface area contributed by atoms with Crippen molar-refractivity contribution >= 4 is 5.97 Å². The summed E-state index contributed by atoms with van der Waals surface area (Å²) in [5.41, 5.74) is -0.408. The minimum Gasteiger partial charge on any atom is -0.460 e. The summed E-state index contributed by atoms with van der Waals surface area (Å²) in [5.74, 6) is 0.165. The monoisotopic (exact) mass is 269 g/mol. The topological polar surface area (TPSA) is 38.8 Å². The number of carbonyl (C=O) groups excluding carboxylic acids is 1. The number of rotatable bonds is 6. The number of ether oxygens (including phenoxy) is 2. The molecule has 1 rings (SSSR count). The molecule has 0 aromatic heterocycles. The molecule has 1 heterocycles. The van der Waals surface area contributed by atoms with Gasteiger partial charge in [0.25, 0.3) is 0 Å². The Kier molecular flexibility index (Phi) is 6.52. The van der Waals surface area contributed by atoms with Gasteiger partial charge in [-0.15, -0.1) is 6.58 Å². The SMILES string of the molecule is C=CCC(CC(=O)OC(C)(C)C)CN1CCOCC1. The van der Waals surface area contributed by atoms with Gasteiger partial charge in [-0.2, -0.15) is 0 Å². The minimum absolute atomic E-state index is 0.118. The number of allylic oxidation sites excluding steroid dienone is 1. The van der Waals surface area contributed by atoms with Crippen LogP contribution in [0.2, 0.25) is 0 Å². The van der Waals surface area contributed by atoms with Crippen molar-refractivity contribution in [3.8, 4) is 0 Å². The first-order chi connectivity index (χ1) is 8.90. The molecule has 0 aliphatic carbocycles. The third kappa shape index (κ3) is 7.33. The first kappa shape index (κ1) is 16.2. The van der Waals surface area contributed by atoms with Crippen molar-refractivity contribution in [3.05, 3.63) is 12.7 Å². The molecule has 0 N–H and O–H groups in total. The van der Waals surface area contributed by atoms with Crippen molar-refractivity contribution < 1.29 is 14.3 Å². The second-order valence-electron chi connectivity index (χ2n) is 6.09. The molecule has 0 radical (unpaired) electrons. The Morgan fingerprint density at radius 3 is 2.58 bits per heavy atom. The summed E-state index contributed by atoms with van der Waals surface area (Å²) in [6, 6.07) is 0. The molecule has 0 bridgehead atoms. The van der Waals surface area contributed by atoms with Crippen molar-refractivity contribution in [2.45, 2.75) is 39.2 Å². The summed E-state index contributed by atoms with van der Waals surface area (Å²) in [6.45, 7) is 13.8. The molecule has 0 aromatic carbocycles. The standard InChI is InChI=1S/C15H27NO3/c1-5-6-13(11-14(17)19-15(2,3)4)12-16-7-9-18-10-8-16/h5,13H,1,6-12H2,2-4H3. The van der Waals surface area contributed by atoms with E-state index in [1.807, 2.05) is 26.8 Å². The summed E-state index contributed by atoms with van der Waals surface area (Å²) in [5, 5.41) is 0. The highest BCUT2D eigenvalue weighted by Crippen LogP contribution is 2.16. The lowest BCUT2D eigenvalue weighted by Crippen LogP contribution is -2.40. The lowest BCUT2D eigenvalue weighted by atomic mass is 10.0. The Morgan fingerprint density at radius 1 is 1.42 bits per heavy atom. The van der Waals surface area contributed by atoms with Crippen molar-refractivity contribution in [2.24, 2.45) is 5.92 Å². The van der Waals surface area contributed by atoms with Crippen LogP contribution in [0, 0.1) is 5.92 Å². The van der Waals surface area contributed by atoms with Crippen LogP contribution in [0.1, 0.15) is 33.6 Å². The Morgan fingerprint density at radius 2 is 2.05 bits per heavy atom. The van der Waals surface area contributed by atoms with Crippen LogP contribution in [0.3, 0.4) is 0 Å². The Bertz CT molecular complexity index is 290.